The van der Waals surface area contributed by atoms with E-state index in [9.17, 15) is 4.79 Å². The van der Waals surface area contributed by atoms with E-state index in [1.165, 1.54) is 6.07 Å². The molecule has 1 heterocycles. The van der Waals surface area contributed by atoms with Crippen LogP contribution in [0, 0.1) is 0 Å². The second-order valence-corrected chi connectivity index (χ2v) is 4.77. The summed E-state index contributed by atoms with van der Waals surface area (Å²) in [6.45, 7) is 1.89. The molecule has 0 amide bonds. The van der Waals surface area contributed by atoms with E-state index in [1.54, 1.807) is 6.92 Å². The van der Waals surface area contributed by atoms with Gasteiger partial charge in [0.25, 0.3) is 0 Å². The lowest BCUT2D eigenvalue weighted by Gasteiger charge is -2.05. The smallest absolute Gasteiger partial charge is 0.420 e. The van der Waals surface area contributed by atoms with Gasteiger partial charge in [0, 0.05) is 0 Å². The Morgan fingerprint density at radius 2 is 2.00 bits per heavy atom. The third kappa shape index (κ3) is 2.14. The quantitative estimate of drug-likeness (QED) is 0.716. The molecule has 18 heavy (non-hydrogen) atoms. The first-order valence-corrected chi connectivity index (χ1v) is 6.37. The molecule has 0 aliphatic rings. The summed E-state index contributed by atoms with van der Waals surface area (Å²) in [6, 6.07) is 1.46. The zero-order chi connectivity index (χ0) is 13.4. The Bertz CT molecular complexity index is 639. The summed E-state index contributed by atoms with van der Waals surface area (Å²) in [5, 5.41) is 0.445. The van der Waals surface area contributed by atoms with E-state index in [2.05, 4.69) is 4.98 Å². The number of benzene rings is 1. The number of ether oxygens (including phenoxy) is 1. The molecular weight excluding hydrogens is 322 g/mol. The van der Waals surface area contributed by atoms with Crippen LogP contribution in [0.15, 0.2) is 6.07 Å². The Morgan fingerprint density at radius 1 is 1.33 bits per heavy atom. The molecule has 0 unspecified atom stereocenters. The summed E-state index contributed by atoms with van der Waals surface area (Å²) in [6.07, 6.45) is -0.653. The van der Waals surface area contributed by atoms with Crippen LogP contribution in [0.2, 0.25) is 20.4 Å². The maximum atomic E-state index is 11.7. The summed E-state index contributed by atoms with van der Waals surface area (Å²) in [5.41, 5.74) is 0.641. The summed E-state index contributed by atoms with van der Waals surface area (Å²) in [4.78, 5) is 15.7. The Kier molecular flexibility index (Phi) is 3.92. The second-order valence-electron chi connectivity index (χ2n) is 3.27. The molecule has 96 valence electrons. The van der Waals surface area contributed by atoms with Crippen LogP contribution < -0.4 is 0 Å². The molecule has 0 saturated heterocycles. The largest absolute Gasteiger partial charge is 0.449 e. The fourth-order valence-electron chi connectivity index (χ4n) is 1.45. The summed E-state index contributed by atoms with van der Waals surface area (Å²) in [7, 11) is 0. The highest BCUT2D eigenvalue weighted by atomic mass is 35.5. The Labute approximate surface area is 122 Å². The Balaban J connectivity index is 2.76. The van der Waals surface area contributed by atoms with E-state index in [1.807, 2.05) is 0 Å². The number of nitrogens with zero attached hydrogens (tertiary/aromatic N) is 2. The lowest BCUT2D eigenvalue weighted by atomic mass is 10.3. The van der Waals surface area contributed by atoms with Gasteiger partial charge in [-0.2, -0.15) is 0 Å². The van der Waals surface area contributed by atoms with Crippen LogP contribution >= 0.6 is 46.4 Å². The van der Waals surface area contributed by atoms with Crippen LogP contribution in [0.5, 0.6) is 0 Å². The van der Waals surface area contributed by atoms with Gasteiger partial charge in [0.2, 0.25) is 5.28 Å². The number of hydrogen-bond acceptors (Lipinski definition) is 3. The predicted molar refractivity (Wildman–Crippen MR) is 72.2 cm³/mol. The lowest BCUT2D eigenvalue weighted by Crippen LogP contribution is -2.13. The number of carbonyl (C=O) groups is 1. The molecule has 0 radical (unpaired) electrons. The molecule has 0 saturated carbocycles. The summed E-state index contributed by atoms with van der Waals surface area (Å²) >= 11 is 23.7. The van der Waals surface area contributed by atoms with Crippen LogP contribution in [0.4, 0.5) is 4.79 Å². The number of halogens is 4. The van der Waals surface area contributed by atoms with Crippen molar-refractivity contribution in [2.24, 2.45) is 0 Å². The van der Waals surface area contributed by atoms with Crippen LogP contribution in [-0.4, -0.2) is 22.3 Å². The van der Waals surface area contributed by atoms with Gasteiger partial charge in [-0.15, -0.1) is 0 Å². The third-order valence-electron chi connectivity index (χ3n) is 2.20. The molecule has 0 bridgehead atoms. The van der Waals surface area contributed by atoms with Gasteiger partial charge < -0.3 is 4.74 Å². The van der Waals surface area contributed by atoms with Gasteiger partial charge in [-0.25, -0.2) is 14.3 Å². The number of imidazole rings is 1. The van der Waals surface area contributed by atoms with Gasteiger partial charge in [-0.1, -0.05) is 34.8 Å². The molecular formula is C10H6Cl4N2O2. The fraction of sp³-hybridized carbons (Fsp3) is 0.200. The van der Waals surface area contributed by atoms with E-state index in [0.717, 1.165) is 4.57 Å². The maximum absolute atomic E-state index is 11.7. The maximum Gasteiger partial charge on any atom is 0.420 e. The molecule has 8 heteroatoms. The van der Waals surface area contributed by atoms with Crippen molar-refractivity contribution >= 4 is 63.5 Å². The minimum Gasteiger partial charge on any atom is -0.449 e. The minimum absolute atomic E-state index is 0.0660. The molecule has 0 aliphatic heterocycles. The normalized spacial score (nSPS) is 10.9. The minimum atomic E-state index is -0.653. The summed E-state index contributed by atoms with van der Waals surface area (Å²) in [5.74, 6) is 0. The van der Waals surface area contributed by atoms with Gasteiger partial charge in [0.15, 0.2) is 0 Å². The fourth-order valence-corrected chi connectivity index (χ4v) is 2.33. The first kappa shape index (κ1) is 13.7. The standard InChI is InChI=1S/C10H6Cl4N2O2/c1-2-18-10(17)16-5-3-4(11)6(12)7(13)8(5)15-9(16)14/h3H,2H2,1H3. The number of fused-ring (bicyclic) bond motifs is 1. The molecule has 1 aromatic carbocycles. The first-order valence-electron chi connectivity index (χ1n) is 4.86. The molecule has 4 nitrogen and oxygen atoms in total. The Hall–Kier alpha value is -0.680. The van der Waals surface area contributed by atoms with Crippen molar-refractivity contribution in [1.82, 2.24) is 9.55 Å². The molecule has 2 rings (SSSR count). The molecule has 1 aromatic heterocycles. The molecule has 0 atom stereocenters. The number of hydrogen-bond donors (Lipinski definition) is 0. The van der Waals surface area contributed by atoms with Crippen molar-refractivity contribution in [3.8, 4) is 0 Å². The van der Waals surface area contributed by atoms with Gasteiger partial charge in [0.1, 0.15) is 5.52 Å². The van der Waals surface area contributed by atoms with Crippen LogP contribution in [0.1, 0.15) is 6.92 Å². The van der Waals surface area contributed by atoms with Crippen molar-refractivity contribution in [3.63, 3.8) is 0 Å². The number of aromatic nitrogens is 2. The van der Waals surface area contributed by atoms with Crippen molar-refractivity contribution < 1.29 is 9.53 Å². The molecule has 0 N–H and O–H groups in total. The first-order chi connectivity index (χ1) is 8.47. The molecule has 0 spiro atoms. The zero-order valence-corrected chi connectivity index (χ0v) is 12.0. The van der Waals surface area contributed by atoms with E-state index in [4.69, 9.17) is 51.1 Å². The van der Waals surface area contributed by atoms with Crippen LogP contribution in [-0.2, 0) is 4.74 Å². The van der Waals surface area contributed by atoms with Crippen molar-refractivity contribution in [1.29, 1.82) is 0 Å². The van der Waals surface area contributed by atoms with E-state index in [0.29, 0.717) is 11.0 Å². The van der Waals surface area contributed by atoms with E-state index >= 15 is 0 Å². The molecule has 0 aliphatic carbocycles. The lowest BCUT2D eigenvalue weighted by molar-refractivity contribution is 0.155. The van der Waals surface area contributed by atoms with Gasteiger partial charge in [-0.3, -0.25) is 0 Å². The van der Waals surface area contributed by atoms with E-state index < -0.39 is 6.09 Å². The highest BCUT2D eigenvalue weighted by Crippen LogP contribution is 2.37. The van der Waals surface area contributed by atoms with Gasteiger partial charge in [-0.05, 0) is 24.6 Å². The monoisotopic (exact) mass is 326 g/mol. The van der Waals surface area contributed by atoms with Crippen molar-refractivity contribution in [2.45, 2.75) is 6.92 Å². The van der Waals surface area contributed by atoms with Crippen molar-refractivity contribution in [2.75, 3.05) is 6.61 Å². The van der Waals surface area contributed by atoms with Crippen LogP contribution in [0.3, 0.4) is 0 Å². The van der Waals surface area contributed by atoms with Gasteiger partial charge in [0.05, 0.1) is 27.2 Å². The second kappa shape index (κ2) is 5.13. The average molecular weight is 328 g/mol. The average Bonchev–Trinajstić information content (AvgIpc) is 2.63. The number of rotatable bonds is 1. The SMILES string of the molecule is CCOC(=O)n1c(Cl)nc2c(Cl)c(Cl)c(Cl)cc21. The third-order valence-corrected chi connectivity index (χ3v) is 3.70. The molecule has 2 aromatic rings. The Morgan fingerprint density at radius 3 is 2.61 bits per heavy atom. The topological polar surface area (TPSA) is 44.1 Å². The highest BCUT2D eigenvalue weighted by Gasteiger charge is 2.21. The van der Waals surface area contributed by atoms with Gasteiger partial charge >= 0.3 is 6.09 Å². The number of carbonyl (C=O) groups excluding carboxylic acids is 1. The zero-order valence-electron chi connectivity index (χ0n) is 9.01. The predicted octanol–water partition coefficient (Wildman–Crippen LogP) is 4.65. The summed E-state index contributed by atoms with van der Waals surface area (Å²) < 4.78 is 5.94. The highest BCUT2D eigenvalue weighted by molar-refractivity contribution is 6.50. The van der Waals surface area contributed by atoms with Crippen molar-refractivity contribution in [3.05, 3.63) is 26.4 Å². The van der Waals surface area contributed by atoms with E-state index in [-0.39, 0.29) is 27.0 Å². The molecule has 0 fully saturated rings. The van der Waals surface area contributed by atoms with Crippen LogP contribution in [0.25, 0.3) is 11.0 Å².